The van der Waals surface area contributed by atoms with Gasteiger partial charge in [-0.2, -0.15) is 5.26 Å². The average molecular weight is 266 g/mol. The Bertz CT molecular complexity index is 539. The molecule has 1 aromatic carbocycles. The van der Waals surface area contributed by atoms with Crippen molar-refractivity contribution in [3.05, 3.63) is 29.3 Å². The summed E-state index contributed by atoms with van der Waals surface area (Å²) in [5.74, 6) is -3.16. The zero-order valence-electron chi connectivity index (χ0n) is 10.2. The molecule has 19 heavy (non-hydrogen) atoms. The zero-order valence-corrected chi connectivity index (χ0v) is 10.2. The number of rotatable bonds is 3. The molecular weight excluding hydrogens is 254 g/mol. The molecule has 0 amide bonds. The summed E-state index contributed by atoms with van der Waals surface area (Å²) in [5, 5.41) is 17.4. The standard InChI is InChI=1S/C13H12F2N2O2/c1-7(13(18)19)9-5-17(6-9)12-10(14)2-8(4-16)3-11(12)15/h2-3,7,9H,5-6H2,1H3,(H,18,19). The minimum atomic E-state index is -0.912. The van der Waals surface area contributed by atoms with Crippen molar-refractivity contribution < 1.29 is 18.7 Å². The van der Waals surface area contributed by atoms with Gasteiger partial charge in [-0.1, -0.05) is 6.92 Å². The van der Waals surface area contributed by atoms with Gasteiger partial charge >= 0.3 is 5.97 Å². The van der Waals surface area contributed by atoms with E-state index in [0.29, 0.717) is 13.1 Å². The van der Waals surface area contributed by atoms with Crippen LogP contribution in [0.15, 0.2) is 12.1 Å². The fraction of sp³-hybridized carbons (Fsp3) is 0.385. The summed E-state index contributed by atoms with van der Waals surface area (Å²) in [4.78, 5) is 12.2. The van der Waals surface area contributed by atoms with Gasteiger partial charge < -0.3 is 10.0 Å². The zero-order chi connectivity index (χ0) is 14.2. The van der Waals surface area contributed by atoms with Crippen molar-refractivity contribution in [2.45, 2.75) is 6.92 Å². The maximum atomic E-state index is 13.7. The third kappa shape index (κ3) is 2.36. The summed E-state index contributed by atoms with van der Waals surface area (Å²) in [7, 11) is 0. The first-order chi connectivity index (χ1) is 8.93. The Morgan fingerprint density at radius 3 is 2.42 bits per heavy atom. The first-order valence-corrected chi connectivity index (χ1v) is 5.81. The number of hydrogen-bond donors (Lipinski definition) is 1. The lowest BCUT2D eigenvalue weighted by atomic mass is 9.86. The minimum Gasteiger partial charge on any atom is -0.481 e. The second kappa shape index (κ2) is 4.84. The van der Waals surface area contributed by atoms with Gasteiger partial charge in [0.25, 0.3) is 0 Å². The molecule has 100 valence electrons. The number of aliphatic carboxylic acids is 1. The van der Waals surface area contributed by atoms with Gasteiger partial charge in [0.15, 0.2) is 11.6 Å². The molecule has 0 bridgehead atoms. The molecule has 1 N–H and O–H groups in total. The lowest BCUT2D eigenvalue weighted by Crippen LogP contribution is -2.51. The molecule has 2 rings (SSSR count). The SMILES string of the molecule is CC(C(=O)O)C1CN(c2c(F)cc(C#N)cc2F)C1. The largest absolute Gasteiger partial charge is 0.481 e. The van der Waals surface area contributed by atoms with Crippen LogP contribution in [-0.2, 0) is 4.79 Å². The number of nitrogens with zero attached hydrogens (tertiary/aromatic N) is 2. The summed E-state index contributed by atoms with van der Waals surface area (Å²) in [6.07, 6.45) is 0. The molecule has 1 fully saturated rings. The summed E-state index contributed by atoms with van der Waals surface area (Å²) < 4.78 is 27.4. The van der Waals surface area contributed by atoms with E-state index >= 15 is 0 Å². The van der Waals surface area contributed by atoms with E-state index in [0.717, 1.165) is 12.1 Å². The van der Waals surface area contributed by atoms with Gasteiger partial charge in [0, 0.05) is 19.0 Å². The first-order valence-electron chi connectivity index (χ1n) is 5.81. The maximum Gasteiger partial charge on any atom is 0.306 e. The molecule has 1 atom stereocenters. The lowest BCUT2D eigenvalue weighted by molar-refractivity contribution is -0.143. The van der Waals surface area contributed by atoms with Crippen molar-refractivity contribution in [2.75, 3.05) is 18.0 Å². The molecular formula is C13H12F2N2O2. The van der Waals surface area contributed by atoms with Gasteiger partial charge in [-0.25, -0.2) is 8.78 Å². The van der Waals surface area contributed by atoms with Crippen LogP contribution >= 0.6 is 0 Å². The highest BCUT2D eigenvalue weighted by Crippen LogP contribution is 2.33. The van der Waals surface area contributed by atoms with Crippen LogP contribution in [0.25, 0.3) is 0 Å². The van der Waals surface area contributed by atoms with Crippen molar-refractivity contribution in [1.29, 1.82) is 5.26 Å². The van der Waals surface area contributed by atoms with E-state index in [1.807, 2.05) is 0 Å². The topological polar surface area (TPSA) is 64.3 Å². The van der Waals surface area contributed by atoms with E-state index < -0.39 is 23.5 Å². The van der Waals surface area contributed by atoms with E-state index in [-0.39, 0.29) is 17.2 Å². The minimum absolute atomic E-state index is 0.0743. The first kappa shape index (κ1) is 13.3. The molecule has 1 aromatic rings. The third-order valence-corrected chi connectivity index (χ3v) is 3.47. The third-order valence-electron chi connectivity index (χ3n) is 3.47. The Morgan fingerprint density at radius 2 is 2.00 bits per heavy atom. The van der Waals surface area contributed by atoms with Crippen molar-refractivity contribution in [2.24, 2.45) is 11.8 Å². The summed E-state index contributed by atoms with van der Waals surface area (Å²) in [6, 6.07) is 3.63. The molecule has 1 unspecified atom stereocenters. The Hall–Kier alpha value is -2.16. The summed E-state index contributed by atoms with van der Waals surface area (Å²) in [5.41, 5.74) is -0.262. The number of benzene rings is 1. The quantitative estimate of drug-likeness (QED) is 0.908. The van der Waals surface area contributed by atoms with Crippen LogP contribution < -0.4 is 4.90 Å². The fourth-order valence-corrected chi connectivity index (χ4v) is 2.15. The molecule has 0 aliphatic carbocycles. The molecule has 0 radical (unpaired) electrons. The predicted octanol–water partition coefficient (Wildman–Crippen LogP) is 1.99. The Balaban J connectivity index is 2.15. The van der Waals surface area contributed by atoms with E-state index in [2.05, 4.69) is 0 Å². The Kier molecular flexibility index (Phi) is 3.38. The van der Waals surface area contributed by atoms with E-state index in [1.54, 1.807) is 13.0 Å². The number of halogens is 2. The molecule has 0 aromatic heterocycles. The van der Waals surface area contributed by atoms with Crippen LogP contribution in [-0.4, -0.2) is 24.2 Å². The lowest BCUT2D eigenvalue weighted by Gasteiger charge is -2.43. The molecule has 1 aliphatic rings. The van der Waals surface area contributed by atoms with Gasteiger partial charge in [-0.05, 0) is 12.1 Å². The van der Waals surface area contributed by atoms with Crippen LogP contribution in [0.4, 0.5) is 14.5 Å². The molecule has 4 nitrogen and oxygen atoms in total. The van der Waals surface area contributed by atoms with Crippen LogP contribution in [0.1, 0.15) is 12.5 Å². The van der Waals surface area contributed by atoms with Crippen molar-refractivity contribution >= 4 is 11.7 Å². The van der Waals surface area contributed by atoms with Gasteiger partial charge in [0.05, 0.1) is 17.6 Å². The molecule has 0 saturated carbocycles. The van der Waals surface area contributed by atoms with Crippen molar-refractivity contribution in [1.82, 2.24) is 0 Å². The predicted molar refractivity (Wildman–Crippen MR) is 63.6 cm³/mol. The smallest absolute Gasteiger partial charge is 0.306 e. The molecule has 1 aliphatic heterocycles. The summed E-state index contributed by atoms with van der Waals surface area (Å²) >= 11 is 0. The highest BCUT2D eigenvalue weighted by molar-refractivity contribution is 5.70. The van der Waals surface area contributed by atoms with Crippen LogP contribution in [0, 0.1) is 34.8 Å². The van der Waals surface area contributed by atoms with E-state index in [9.17, 15) is 13.6 Å². The molecule has 6 heteroatoms. The second-order valence-electron chi connectivity index (χ2n) is 4.69. The molecule has 1 saturated heterocycles. The molecule has 1 heterocycles. The number of anilines is 1. The second-order valence-corrected chi connectivity index (χ2v) is 4.69. The monoisotopic (exact) mass is 266 g/mol. The van der Waals surface area contributed by atoms with E-state index in [1.165, 1.54) is 4.90 Å². The van der Waals surface area contributed by atoms with E-state index in [4.69, 9.17) is 10.4 Å². The number of carboxylic acids is 1. The van der Waals surface area contributed by atoms with Gasteiger partial charge in [0.2, 0.25) is 0 Å². The number of hydrogen-bond acceptors (Lipinski definition) is 3. The normalized spacial score (nSPS) is 16.6. The average Bonchev–Trinajstić information content (AvgIpc) is 2.29. The molecule has 0 spiro atoms. The van der Waals surface area contributed by atoms with Crippen LogP contribution in [0.3, 0.4) is 0 Å². The number of nitriles is 1. The summed E-state index contributed by atoms with van der Waals surface area (Å²) in [6.45, 7) is 2.18. The van der Waals surface area contributed by atoms with Gasteiger partial charge in [-0.3, -0.25) is 4.79 Å². The Morgan fingerprint density at radius 1 is 1.47 bits per heavy atom. The van der Waals surface area contributed by atoms with Crippen molar-refractivity contribution in [3.63, 3.8) is 0 Å². The maximum absolute atomic E-state index is 13.7. The fourth-order valence-electron chi connectivity index (χ4n) is 2.15. The van der Waals surface area contributed by atoms with Crippen LogP contribution in [0.5, 0.6) is 0 Å². The van der Waals surface area contributed by atoms with Crippen LogP contribution in [0.2, 0.25) is 0 Å². The van der Waals surface area contributed by atoms with Gasteiger partial charge in [-0.15, -0.1) is 0 Å². The number of carboxylic acid groups (broad SMARTS) is 1. The van der Waals surface area contributed by atoms with Crippen molar-refractivity contribution in [3.8, 4) is 6.07 Å². The number of carbonyl (C=O) groups is 1. The van der Waals surface area contributed by atoms with Gasteiger partial charge in [0.1, 0.15) is 5.69 Å². The Labute approximate surface area is 108 Å². The highest BCUT2D eigenvalue weighted by Gasteiger charge is 2.37. The highest BCUT2D eigenvalue weighted by atomic mass is 19.1.